The largest absolute Gasteiger partial charge is 0.462 e. The third-order valence-corrected chi connectivity index (χ3v) is 16.6. The summed E-state index contributed by atoms with van der Waals surface area (Å²) in [5.74, 6) is 0.891. The zero-order valence-electron chi connectivity index (χ0n) is 33.0. The van der Waals surface area contributed by atoms with E-state index < -0.39 is 17.1 Å². The summed E-state index contributed by atoms with van der Waals surface area (Å²) in [5.41, 5.74) is 1.26. The molecule has 4 saturated carbocycles. The lowest BCUT2D eigenvalue weighted by Crippen LogP contribution is -2.66. The Balaban J connectivity index is 1.28. The van der Waals surface area contributed by atoms with Crippen LogP contribution in [0.4, 0.5) is 0 Å². The zero-order chi connectivity index (χ0) is 36.8. The first-order valence-corrected chi connectivity index (χ1v) is 20.0. The predicted octanol–water partition coefficient (Wildman–Crippen LogP) is 6.77. The number of nitrogens with zero attached hydrogens (tertiary/aromatic N) is 2. The fourth-order valence-corrected chi connectivity index (χ4v) is 13.2. The maximum atomic E-state index is 14.6. The minimum atomic E-state index is -1.58. The first-order valence-electron chi connectivity index (χ1n) is 20.0. The molecule has 1 saturated heterocycles. The number of hydrogen-bond donors (Lipinski definition) is 2. The highest BCUT2D eigenvalue weighted by Crippen LogP contribution is 2.77. The van der Waals surface area contributed by atoms with Gasteiger partial charge >= 0.3 is 5.97 Å². The van der Waals surface area contributed by atoms with Crippen molar-refractivity contribution < 1.29 is 29.3 Å². The predicted molar refractivity (Wildman–Crippen MR) is 195 cm³/mol. The Bertz CT molecular complexity index is 1410. The number of hydrogen-bond acceptors (Lipinski definition) is 7. The topological polar surface area (TPSA) is 107 Å². The van der Waals surface area contributed by atoms with Gasteiger partial charge in [-0.1, -0.05) is 73.5 Å². The number of aliphatic hydroxyl groups is 2. The van der Waals surface area contributed by atoms with E-state index in [1.54, 1.807) is 13.8 Å². The average molecular weight is 697 g/mol. The van der Waals surface area contributed by atoms with Crippen LogP contribution in [0.25, 0.3) is 0 Å². The number of ketones is 1. The molecule has 8 unspecified atom stereocenters. The van der Waals surface area contributed by atoms with Crippen molar-refractivity contribution in [1.82, 2.24) is 9.80 Å². The van der Waals surface area contributed by atoms with E-state index in [4.69, 9.17) is 4.74 Å². The van der Waals surface area contributed by atoms with E-state index in [2.05, 4.69) is 60.4 Å². The molecule has 5 fully saturated rings. The van der Waals surface area contributed by atoms with Crippen molar-refractivity contribution in [1.29, 1.82) is 0 Å². The van der Waals surface area contributed by atoms with Crippen LogP contribution in [0.1, 0.15) is 133 Å². The van der Waals surface area contributed by atoms with Gasteiger partial charge in [-0.3, -0.25) is 14.4 Å². The molecule has 1 amide bonds. The molecule has 0 aromatic rings. The first-order chi connectivity index (χ1) is 23.2. The molecule has 0 spiro atoms. The quantitative estimate of drug-likeness (QED) is 0.131. The van der Waals surface area contributed by atoms with Gasteiger partial charge in [0.1, 0.15) is 6.10 Å². The number of rotatable bonds is 7. The van der Waals surface area contributed by atoms with E-state index in [1.807, 2.05) is 4.90 Å². The molecular formula is C42H68N2O6. The van der Waals surface area contributed by atoms with Crippen LogP contribution in [-0.2, 0) is 19.1 Å². The number of allylic oxidation sites excluding steroid dienone is 2. The Morgan fingerprint density at radius 1 is 0.840 bits per heavy atom. The lowest BCUT2D eigenvalue weighted by atomic mass is 9.33. The van der Waals surface area contributed by atoms with E-state index >= 15 is 0 Å². The van der Waals surface area contributed by atoms with Crippen molar-refractivity contribution in [3.05, 3.63) is 11.1 Å². The molecule has 50 heavy (non-hydrogen) atoms. The number of carbonyl (C=O) groups excluding carboxylic acids is 3. The minimum Gasteiger partial charge on any atom is -0.462 e. The molecule has 8 nitrogen and oxygen atoms in total. The standard InChI is InChI=1S/C42H68N2O6/c1-26(2)27-13-18-42(34(46)35(47)44-23-21-43(10)22-24-44)20-19-40(8)28(33(27)42)11-12-30-39(7)16-15-31(50-32(45)25-37(3,4)36(48)49)38(5,6)29(39)14-17-41(30,40)9/h26,28-31,36,48-49H,11-25H2,1-10H3. The highest BCUT2D eigenvalue weighted by Gasteiger charge is 2.70. The third kappa shape index (κ3) is 5.58. The fraction of sp³-hybridized carbons (Fsp3) is 0.881. The number of esters is 1. The average Bonchev–Trinajstić information content (AvgIpc) is 3.43. The second-order valence-electron chi connectivity index (χ2n) is 20.1. The number of ether oxygens (including phenoxy) is 1. The maximum Gasteiger partial charge on any atom is 0.306 e. The zero-order valence-corrected chi connectivity index (χ0v) is 33.0. The molecule has 8 atom stereocenters. The van der Waals surface area contributed by atoms with Crippen LogP contribution in [0.15, 0.2) is 11.1 Å². The Morgan fingerprint density at radius 3 is 2.12 bits per heavy atom. The maximum absolute atomic E-state index is 14.6. The van der Waals surface area contributed by atoms with Gasteiger partial charge in [-0.25, -0.2) is 0 Å². The van der Waals surface area contributed by atoms with E-state index in [0.29, 0.717) is 36.8 Å². The molecule has 1 aliphatic heterocycles. The molecule has 0 aromatic carbocycles. The van der Waals surface area contributed by atoms with Gasteiger partial charge in [-0.05, 0) is 111 Å². The first kappa shape index (κ1) is 38.0. The van der Waals surface area contributed by atoms with Gasteiger partial charge in [0.2, 0.25) is 5.78 Å². The molecule has 2 N–H and O–H groups in total. The van der Waals surface area contributed by atoms with Gasteiger partial charge in [-0.2, -0.15) is 0 Å². The summed E-state index contributed by atoms with van der Waals surface area (Å²) in [6.07, 6.45) is 7.90. The highest BCUT2D eigenvalue weighted by molar-refractivity contribution is 6.39. The Morgan fingerprint density at radius 2 is 1.50 bits per heavy atom. The number of Topliss-reactive ketones (excluding diaryl/α,β-unsaturated/α-hetero) is 1. The third-order valence-electron chi connectivity index (χ3n) is 16.6. The van der Waals surface area contributed by atoms with E-state index in [-0.39, 0.29) is 51.8 Å². The second kappa shape index (κ2) is 12.7. The van der Waals surface area contributed by atoms with Crippen molar-refractivity contribution >= 4 is 17.7 Å². The Labute approximate surface area is 302 Å². The van der Waals surface area contributed by atoms with Crippen LogP contribution < -0.4 is 0 Å². The molecule has 0 radical (unpaired) electrons. The summed E-state index contributed by atoms with van der Waals surface area (Å²) < 4.78 is 6.20. The summed E-state index contributed by atoms with van der Waals surface area (Å²) in [6, 6.07) is 0. The SMILES string of the molecule is CC(C)C1=C2C3CCC4C5(C)CCC(OC(=O)CC(C)(C)C(O)O)C(C)(C)C5CCC4(C)C3(C)CCC2(C(=O)C(=O)N2CCN(C)CC2)CC1. The van der Waals surface area contributed by atoms with Gasteiger partial charge in [0.25, 0.3) is 5.91 Å². The van der Waals surface area contributed by atoms with Gasteiger partial charge in [-0.15, -0.1) is 0 Å². The normalized spacial score (nSPS) is 40.2. The molecule has 6 aliphatic rings. The fourth-order valence-electron chi connectivity index (χ4n) is 13.2. The Kier molecular flexibility index (Phi) is 9.63. The van der Waals surface area contributed by atoms with Gasteiger partial charge in [0, 0.05) is 37.0 Å². The molecular weight excluding hydrogens is 628 g/mol. The number of carbonyl (C=O) groups is 3. The molecule has 6 rings (SSSR count). The summed E-state index contributed by atoms with van der Waals surface area (Å²) in [7, 11) is 2.08. The van der Waals surface area contributed by atoms with Crippen molar-refractivity contribution in [2.75, 3.05) is 33.2 Å². The summed E-state index contributed by atoms with van der Waals surface area (Å²) >= 11 is 0. The van der Waals surface area contributed by atoms with Gasteiger partial charge in [0.05, 0.1) is 11.8 Å². The van der Waals surface area contributed by atoms with E-state index in [0.717, 1.165) is 77.3 Å². The molecule has 5 aliphatic carbocycles. The number of amides is 1. The van der Waals surface area contributed by atoms with E-state index in [9.17, 15) is 24.6 Å². The summed E-state index contributed by atoms with van der Waals surface area (Å²) in [4.78, 5) is 45.8. The molecule has 282 valence electrons. The van der Waals surface area contributed by atoms with Crippen LogP contribution in [0, 0.1) is 56.2 Å². The smallest absolute Gasteiger partial charge is 0.306 e. The number of likely N-dealkylation sites (N-methyl/N-ethyl adjacent to an activating group) is 1. The van der Waals surface area contributed by atoms with Crippen molar-refractivity contribution in [2.45, 2.75) is 145 Å². The molecule has 8 heteroatoms. The molecule has 0 bridgehead atoms. The van der Waals surface area contributed by atoms with Crippen LogP contribution in [0.3, 0.4) is 0 Å². The summed E-state index contributed by atoms with van der Waals surface area (Å²) in [5, 5.41) is 19.6. The van der Waals surface area contributed by atoms with Crippen molar-refractivity contribution in [3.8, 4) is 0 Å². The Hall–Kier alpha value is -1.77. The lowest BCUT2D eigenvalue weighted by Gasteiger charge is -2.72. The van der Waals surface area contributed by atoms with Crippen molar-refractivity contribution in [2.24, 2.45) is 56.2 Å². The van der Waals surface area contributed by atoms with Crippen LogP contribution >= 0.6 is 0 Å². The number of aliphatic hydroxyl groups excluding tert-OH is 1. The van der Waals surface area contributed by atoms with Crippen LogP contribution in [0.5, 0.6) is 0 Å². The summed E-state index contributed by atoms with van der Waals surface area (Å²) in [6.45, 7) is 23.1. The minimum absolute atomic E-state index is 0.0290. The van der Waals surface area contributed by atoms with Crippen molar-refractivity contribution in [3.63, 3.8) is 0 Å². The van der Waals surface area contributed by atoms with Gasteiger partial charge < -0.3 is 24.7 Å². The monoisotopic (exact) mass is 697 g/mol. The lowest BCUT2D eigenvalue weighted by molar-refractivity contribution is -0.234. The molecule has 1 heterocycles. The van der Waals surface area contributed by atoms with Crippen LogP contribution in [-0.4, -0.2) is 83.3 Å². The number of fused-ring (bicyclic) bond motifs is 7. The molecule has 0 aromatic heterocycles. The van der Waals surface area contributed by atoms with Crippen LogP contribution in [0.2, 0.25) is 0 Å². The van der Waals surface area contributed by atoms with Gasteiger partial charge in [0.15, 0.2) is 6.29 Å². The second-order valence-corrected chi connectivity index (χ2v) is 20.1. The van der Waals surface area contributed by atoms with E-state index in [1.165, 1.54) is 11.1 Å². The number of piperazine rings is 1. The highest BCUT2D eigenvalue weighted by atomic mass is 16.5.